The molecule has 0 aliphatic heterocycles. The average molecular weight is 437 g/mol. The first kappa shape index (κ1) is 21.7. The average Bonchev–Trinajstić information content (AvgIpc) is 2.85. The molecule has 0 aliphatic carbocycles. The number of aromatic nitrogens is 1. The van der Waals surface area contributed by atoms with Crippen molar-refractivity contribution in [3.05, 3.63) is 138 Å². The van der Waals surface area contributed by atoms with E-state index in [1.807, 2.05) is 25.1 Å². The third-order valence-electron chi connectivity index (χ3n) is 5.52. The number of pyridine rings is 1. The van der Waals surface area contributed by atoms with Gasteiger partial charge in [-0.1, -0.05) is 97.1 Å². The van der Waals surface area contributed by atoms with E-state index in [4.69, 9.17) is 4.53 Å². The van der Waals surface area contributed by atoms with Crippen LogP contribution in [-0.4, -0.2) is 19.0 Å². The van der Waals surface area contributed by atoms with E-state index in [0.29, 0.717) is 0 Å². The van der Waals surface area contributed by atoms with Crippen molar-refractivity contribution in [2.45, 2.75) is 25.1 Å². The molecular weight excluding hydrogens is 408 g/mol. The van der Waals surface area contributed by atoms with Gasteiger partial charge in [-0.2, -0.15) is 0 Å². The summed E-state index contributed by atoms with van der Waals surface area (Å²) < 4.78 is 6.64. The van der Waals surface area contributed by atoms with Gasteiger partial charge < -0.3 is 4.53 Å². The summed E-state index contributed by atoms with van der Waals surface area (Å²) in [6.07, 6.45) is 1.79. The maximum Gasteiger partial charge on any atom is 0.300 e. The van der Waals surface area contributed by atoms with Crippen LogP contribution in [0.5, 0.6) is 0 Å². The summed E-state index contributed by atoms with van der Waals surface area (Å²) in [7, 11) is -2.43. The zero-order chi connectivity index (χ0) is 22.1. The minimum absolute atomic E-state index is 0.802. The van der Waals surface area contributed by atoms with Crippen molar-refractivity contribution >= 4 is 14.0 Å². The quantitative estimate of drug-likeness (QED) is 0.180. The fourth-order valence-corrected chi connectivity index (χ4v) is 7.82. The molecule has 0 N–H and O–H groups in total. The SMILES string of the molecule is CC(=NO[Si](Cc1ccccc1)(Cc1ccccc1)Cc1ccccc1)c1ccccn1. The van der Waals surface area contributed by atoms with Crippen molar-refractivity contribution < 1.29 is 4.53 Å². The Morgan fingerprint density at radius 1 is 0.656 bits per heavy atom. The second-order valence-corrected chi connectivity index (χ2v) is 11.8. The van der Waals surface area contributed by atoms with E-state index in [1.54, 1.807) is 6.20 Å². The highest BCUT2D eigenvalue weighted by Crippen LogP contribution is 2.24. The minimum Gasteiger partial charge on any atom is -0.454 e. The zero-order valence-corrected chi connectivity index (χ0v) is 19.4. The van der Waals surface area contributed by atoms with Gasteiger partial charge in [-0.05, 0) is 35.7 Å². The second-order valence-electron chi connectivity index (χ2n) is 8.15. The lowest BCUT2D eigenvalue weighted by molar-refractivity contribution is 0.316. The van der Waals surface area contributed by atoms with Crippen LogP contribution in [0.25, 0.3) is 0 Å². The lowest BCUT2D eigenvalue weighted by atomic mass is 10.2. The lowest BCUT2D eigenvalue weighted by Gasteiger charge is -2.30. The van der Waals surface area contributed by atoms with Crippen LogP contribution in [0.3, 0.4) is 0 Å². The topological polar surface area (TPSA) is 34.5 Å². The molecule has 0 fully saturated rings. The van der Waals surface area contributed by atoms with Crippen LogP contribution in [0.4, 0.5) is 0 Å². The van der Waals surface area contributed by atoms with Crippen molar-refractivity contribution in [2.24, 2.45) is 5.16 Å². The van der Waals surface area contributed by atoms with Crippen molar-refractivity contribution in [3.63, 3.8) is 0 Å². The predicted octanol–water partition coefficient (Wildman–Crippen LogP) is 6.11. The maximum absolute atomic E-state index is 6.64. The van der Waals surface area contributed by atoms with Crippen molar-refractivity contribution in [2.75, 3.05) is 0 Å². The van der Waals surface area contributed by atoms with E-state index in [0.717, 1.165) is 29.5 Å². The Labute approximate surface area is 191 Å². The van der Waals surface area contributed by atoms with E-state index < -0.39 is 8.32 Å². The normalized spacial score (nSPS) is 11.8. The van der Waals surface area contributed by atoms with Gasteiger partial charge in [-0.25, -0.2) is 0 Å². The standard InChI is InChI=1S/C28H28N2OSi/c1-24(28-19-11-12-20-29-28)30-31-32(21-25-13-5-2-6-14-25,22-26-15-7-3-8-16-26)23-27-17-9-4-10-18-27/h2-20H,21-23H2,1H3. The first-order valence-corrected chi connectivity index (χ1v) is 13.5. The smallest absolute Gasteiger partial charge is 0.300 e. The third kappa shape index (κ3) is 6.02. The summed E-state index contributed by atoms with van der Waals surface area (Å²) in [5.74, 6) is 0. The Hall–Kier alpha value is -3.50. The molecule has 1 heterocycles. The monoisotopic (exact) mass is 436 g/mol. The van der Waals surface area contributed by atoms with E-state index in [-0.39, 0.29) is 0 Å². The molecule has 0 bridgehead atoms. The first-order valence-electron chi connectivity index (χ1n) is 11.0. The van der Waals surface area contributed by atoms with Gasteiger partial charge in [0.25, 0.3) is 8.32 Å². The maximum atomic E-state index is 6.64. The summed E-state index contributed by atoms with van der Waals surface area (Å²) in [6, 6.07) is 40.4. The summed E-state index contributed by atoms with van der Waals surface area (Å²) in [5, 5.41) is 4.67. The van der Waals surface area contributed by atoms with Gasteiger partial charge in [-0.3, -0.25) is 4.98 Å². The largest absolute Gasteiger partial charge is 0.454 e. The summed E-state index contributed by atoms with van der Waals surface area (Å²) in [6.45, 7) is 1.97. The molecule has 160 valence electrons. The van der Waals surface area contributed by atoms with E-state index in [2.05, 4.69) is 101 Å². The predicted molar refractivity (Wildman–Crippen MR) is 134 cm³/mol. The van der Waals surface area contributed by atoms with Crippen LogP contribution in [-0.2, 0) is 22.7 Å². The van der Waals surface area contributed by atoms with E-state index >= 15 is 0 Å². The van der Waals surface area contributed by atoms with Crippen LogP contribution < -0.4 is 0 Å². The highest BCUT2D eigenvalue weighted by Gasteiger charge is 2.39. The molecule has 0 aliphatic rings. The number of benzene rings is 3. The van der Waals surface area contributed by atoms with Gasteiger partial charge in [0.2, 0.25) is 0 Å². The molecule has 0 atom stereocenters. The molecule has 0 saturated heterocycles. The van der Waals surface area contributed by atoms with Crippen molar-refractivity contribution in [1.29, 1.82) is 0 Å². The molecule has 4 heteroatoms. The number of hydrogen-bond donors (Lipinski definition) is 0. The Morgan fingerprint density at radius 2 is 1.09 bits per heavy atom. The summed E-state index contributed by atoms with van der Waals surface area (Å²) in [5.41, 5.74) is 5.51. The number of nitrogens with zero attached hydrogens (tertiary/aromatic N) is 2. The minimum atomic E-state index is -2.43. The molecule has 3 nitrogen and oxygen atoms in total. The van der Waals surface area contributed by atoms with Gasteiger partial charge in [0.15, 0.2) is 0 Å². The highest BCUT2D eigenvalue weighted by molar-refractivity contribution is 6.72. The molecule has 0 radical (unpaired) electrons. The van der Waals surface area contributed by atoms with E-state index in [1.165, 1.54) is 16.7 Å². The Bertz CT molecular complexity index is 1020. The number of rotatable bonds is 9. The van der Waals surface area contributed by atoms with Crippen LogP contribution in [0, 0.1) is 0 Å². The molecule has 0 saturated carbocycles. The van der Waals surface area contributed by atoms with Crippen LogP contribution >= 0.6 is 0 Å². The Kier molecular flexibility index (Phi) is 7.26. The van der Waals surface area contributed by atoms with Gasteiger partial charge in [0.1, 0.15) is 5.71 Å². The molecule has 1 aromatic heterocycles. The van der Waals surface area contributed by atoms with Crippen molar-refractivity contribution in [1.82, 2.24) is 4.98 Å². The zero-order valence-electron chi connectivity index (χ0n) is 18.4. The Morgan fingerprint density at radius 3 is 1.50 bits per heavy atom. The second kappa shape index (κ2) is 10.7. The van der Waals surface area contributed by atoms with Crippen molar-refractivity contribution in [3.8, 4) is 0 Å². The molecule has 32 heavy (non-hydrogen) atoms. The van der Waals surface area contributed by atoms with E-state index in [9.17, 15) is 0 Å². The molecule has 4 rings (SSSR count). The fourth-order valence-electron chi connectivity index (χ4n) is 3.98. The highest BCUT2D eigenvalue weighted by atomic mass is 28.4. The Balaban J connectivity index is 1.73. The number of oxime groups is 1. The molecule has 0 unspecified atom stereocenters. The molecule has 0 spiro atoms. The summed E-state index contributed by atoms with van der Waals surface area (Å²) >= 11 is 0. The van der Waals surface area contributed by atoms with Gasteiger partial charge >= 0.3 is 0 Å². The van der Waals surface area contributed by atoms with Crippen LogP contribution in [0.15, 0.2) is 121 Å². The number of hydrogen-bond acceptors (Lipinski definition) is 3. The molecular formula is C28H28N2OSi. The van der Waals surface area contributed by atoms with Crippen LogP contribution in [0.1, 0.15) is 29.3 Å². The molecule has 4 aromatic rings. The fraction of sp³-hybridized carbons (Fsp3) is 0.143. The molecule has 0 amide bonds. The molecule has 3 aromatic carbocycles. The summed E-state index contributed by atoms with van der Waals surface area (Å²) in [4.78, 5) is 4.44. The van der Waals surface area contributed by atoms with Crippen LogP contribution in [0.2, 0.25) is 0 Å². The third-order valence-corrected chi connectivity index (χ3v) is 9.16. The lowest BCUT2D eigenvalue weighted by Crippen LogP contribution is -2.46. The first-order chi connectivity index (χ1) is 15.7. The van der Waals surface area contributed by atoms with Gasteiger partial charge in [-0.15, -0.1) is 5.16 Å². The van der Waals surface area contributed by atoms with Gasteiger partial charge in [0.05, 0.1) is 5.69 Å². The van der Waals surface area contributed by atoms with Gasteiger partial charge in [0, 0.05) is 24.3 Å².